The molecular weight excluding hydrogens is 274 g/mol. The molecule has 3 rings (SSSR count). The summed E-state index contributed by atoms with van der Waals surface area (Å²) in [6, 6.07) is 0.805. The first-order chi connectivity index (χ1) is 9.83. The van der Waals surface area contributed by atoms with Crippen LogP contribution in [0.25, 0.3) is 0 Å². The first kappa shape index (κ1) is 13.9. The van der Waals surface area contributed by atoms with Crippen LogP contribution in [0, 0.1) is 0 Å². The Morgan fingerprint density at radius 3 is 2.65 bits per heavy atom. The van der Waals surface area contributed by atoms with E-state index in [0.717, 1.165) is 30.8 Å². The fourth-order valence-electron chi connectivity index (χ4n) is 3.13. The van der Waals surface area contributed by atoms with E-state index in [1.807, 2.05) is 4.68 Å². The van der Waals surface area contributed by atoms with Crippen LogP contribution in [0.15, 0.2) is 5.16 Å². The number of hydrogen-bond acceptors (Lipinski definition) is 5. The number of nitrogens with zero attached hydrogens (tertiary/aromatic N) is 4. The molecule has 0 spiro atoms. The van der Waals surface area contributed by atoms with Gasteiger partial charge in [0.2, 0.25) is 11.1 Å². The van der Waals surface area contributed by atoms with Crippen LogP contribution in [0.4, 0.5) is 0 Å². The number of thioether (sulfide) groups is 1. The standard InChI is InChI=1S/C13H21N5OS/c19-12(14-10-5-1-2-6-10)9-20-13-15-16-17-18(13)11-7-3-4-8-11/h10-11H,1-9H2,(H,14,19). The Hall–Kier alpha value is -1.11. The molecule has 2 saturated carbocycles. The molecule has 0 saturated heterocycles. The molecule has 1 aromatic heterocycles. The highest BCUT2D eigenvalue weighted by Gasteiger charge is 2.22. The van der Waals surface area contributed by atoms with Crippen molar-refractivity contribution in [2.45, 2.75) is 68.6 Å². The second-order valence-electron chi connectivity index (χ2n) is 5.68. The van der Waals surface area contributed by atoms with Crippen molar-refractivity contribution in [2.75, 3.05) is 5.75 Å². The summed E-state index contributed by atoms with van der Waals surface area (Å²) in [5, 5.41) is 15.8. The van der Waals surface area contributed by atoms with Gasteiger partial charge < -0.3 is 5.32 Å². The zero-order valence-electron chi connectivity index (χ0n) is 11.6. The molecule has 1 N–H and O–H groups in total. The van der Waals surface area contributed by atoms with Gasteiger partial charge in [0.05, 0.1) is 11.8 Å². The number of amides is 1. The smallest absolute Gasteiger partial charge is 0.230 e. The summed E-state index contributed by atoms with van der Waals surface area (Å²) < 4.78 is 1.90. The summed E-state index contributed by atoms with van der Waals surface area (Å²) in [5.74, 6) is 0.506. The molecule has 0 aromatic carbocycles. The van der Waals surface area contributed by atoms with Gasteiger partial charge in [-0.2, -0.15) is 0 Å². The van der Waals surface area contributed by atoms with E-state index >= 15 is 0 Å². The van der Waals surface area contributed by atoms with Crippen LogP contribution in [-0.2, 0) is 4.79 Å². The number of carbonyl (C=O) groups excluding carboxylic acids is 1. The molecule has 20 heavy (non-hydrogen) atoms. The van der Waals surface area contributed by atoms with Gasteiger partial charge in [-0.3, -0.25) is 4.79 Å². The highest BCUT2D eigenvalue weighted by Crippen LogP contribution is 2.31. The Morgan fingerprint density at radius 1 is 1.20 bits per heavy atom. The summed E-state index contributed by atoms with van der Waals surface area (Å²) in [6.45, 7) is 0. The number of rotatable bonds is 5. The van der Waals surface area contributed by atoms with Gasteiger partial charge in [-0.25, -0.2) is 4.68 Å². The second kappa shape index (κ2) is 6.56. The van der Waals surface area contributed by atoms with Gasteiger partial charge >= 0.3 is 0 Å². The Kier molecular flexibility index (Phi) is 4.54. The zero-order chi connectivity index (χ0) is 13.8. The molecule has 2 aliphatic rings. The molecule has 1 amide bonds. The maximum absolute atomic E-state index is 11.9. The van der Waals surface area contributed by atoms with Crippen molar-refractivity contribution >= 4 is 17.7 Å². The van der Waals surface area contributed by atoms with E-state index in [-0.39, 0.29) is 5.91 Å². The Labute approximate surface area is 123 Å². The fourth-order valence-corrected chi connectivity index (χ4v) is 3.88. The molecule has 2 fully saturated rings. The quantitative estimate of drug-likeness (QED) is 0.840. The molecule has 0 bridgehead atoms. The molecular formula is C13H21N5OS. The lowest BCUT2D eigenvalue weighted by molar-refractivity contribution is -0.119. The minimum atomic E-state index is 0.0999. The van der Waals surface area contributed by atoms with E-state index in [2.05, 4.69) is 20.8 Å². The first-order valence-corrected chi connectivity index (χ1v) is 8.51. The Morgan fingerprint density at radius 2 is 1.90 bits per heavy atom. The number of tetrazole rings is 1. The van der Waals surface area contributed by atoms with Crippen LogP contribution in [0.3, 0.4) is 0 Å². The van der Waals surface area contributed by atoms with E-state index < -0.39 is 0 Å². The summed E-state index contributed by atoms with van der Waals surface area (Å²) in [6.07, 6.45) is 9.50. The van der Waals surface area contributed by atoms with E-state index in [0.29, 0.717) is 17.8 Å². The van der Waals surface area contributed by atoms with Gasteiger partial charge in [0, 0.05) is 6.04 Å². The van der Waals surface area contributed by atoms with Crippen molar-refractivity contribution in [3.63, 3.8) is 0 Å². The molecule has 1 heterocycles. The van der Waals surface area contributed by atoms with E-state index in [1.165, 1.54) is 37.4 Å². The average Bonchev–Trinajstić information content (AvgIpc) is 3.18. The topological polar surface area (TPSA) is 72.7 Å². The van der Waals surface area contributed by atoms with Crippen molar-refractivity contribution < 1.29 is 4.79 Å². The van der Waals surface area contributed by atoms with Crippen molar-refractivity contribution in [3.05, 3.63) is 0 Å². The van der Waals surface area contributed by atoms with Crippen LogP contribution in [-0.4, -0.2) is 37.9 Å². The molecule has 0 radical (unpaired) electrons. The molecule has 0 unspecified atom stereocenters. The van der Waals surface area contributed by atoms with Crippen LogP contribution in [0.1, 0.15) is 57.4 Å². The van der Waals surface area contributed by atoms with Crippen molar-refractivity contribution in [2.24, 2.45) is 0 Å². The third-order valence-corrected chi connectivity index (χ3v) is 5.12. The highest BCUT2D eigenvalue weighted by molar-refractivity contribution is 7.99. The van der Waals surface area contributed by atoms with Crippen LogP contribution in [0.5, 0.6) is 0 Å². The average molecular weight is 295 g/mol. The first-order valence-electron chi connectivity index (χ1n) is 7.53. The van der Waals surface area contributed by atoms with Gasteiger partial charge in [-0.1, -0.05) is 37.4 Å². The maximum Gasteiger partial charge on any atom is 0.230 e. The monoisotopic (exact) mass is 295 g/mol. The second-order valence-corrected chi connectivity index (χ2v) is 6.62. The molecule has 110 valence electrons. The van der Waals surface area contributed by atoms with Crippen LogP contribution in [0.2, 0.25) is 0 Å². The summed E-state index contributed by atoms with van der Waals surface area (Å²) in [7, 11) is 0. The third-order valence-electron chi connectivity index (χ3n) is 4.19. The third kappa shape index (κ3) is 3.31. The predicted molar refractivity (Wildman–Crippen MR) is 76.4 cm³/mol. The van der Waals surface area contributed by atoms with E-state index in [1.54, 1.807) is 0 Å². The van der Waals surface area contributed by atoms with Gasteiger partial charge in [0.15, 0.2) is 0 Å². The molecule has 0 atom stereocenters. The minimum absolute atomic E-state index is 0.0999. The molecule has 2 aliphatic carbocycles. The number of carbonyl (C=O) groups is 1. The molecule has 6 nitrogen and oxygen atoms in total. The van der Waals surface area contributed by atoms with Gasteiger partial charge in [0.1, 0.15) is 0 Å². The highest BCUT2D eigenvalue weighted by atomic mass is 32.2. The lowest BCUT2D eigenvalue weighted by atomic mass is 10.2. The largest absolute Gasteiger partial charge is 0.353 e. The summed E-state index contributed by atoms with van der Waals surface area (Å²) in [4.78, 5) is 11.9. The SMILES string of the molecule is O=C(CSc1nnnn1C1CCCC1)NC1CCCC1. The fraction of sp³-hybridized carbons (Fsp3) is 0.846. The number of hydrogen-bond donors (Lipinski definition) is 1. The van der Waals surface area contributed by atoms with Crippen molar-refractivity contribution in [1.82, 2.24) is 25.5 Å². The summed E-state index contributed by atoms with van der Waals surface area (Å²) in [5.41, 5.74) is 0. The lowest BCUT2D eigenvalue weighted by Crippen LogP contribution is -2.33. The van der Waals surface area contributed by atoms with Crippen molar-refractivity contribution in [3.8, 4) is 0 Å². The molecule has 0 aliphatic heterocycles. The van der Waals surface area contributed by atoms with Crippen molar-refractivity contribution in [1.29, 1.82) is 0 Å². The Bertz CT molecular complexity index is 451. The Balaban J connectivity index is 1.50. The van der Waals surface area contributed by atoms with Gasteiger partial charge in [-0.15, -0.1) is 5.10 Å². The van der Waals surface area contributed by atoms with Crippen LogP contribution >= 0.6 is 11.8 Å². The minimum Gasteiger partial charge on any atom is -0.353 e. The van der Waals surface area contributed by atoms with E-state index in [9.17, 15) is 4.79 Å². The number of nitrogens with one attached hydrogen (secondary N) is 1. The van der Waals surface area contributed by atoms with Crippen LogP contribution < -0.4 is 5.32 Å². The van der Waals surface area contributed by atoms with Gasteiger partial charge in [-0.05, 0) is 36.1 Å². The molecule has 7 heteroatoms. The predicted octanol–water partition coefficient (Wildman–Crippen LogP) is 1.94. The molecule has 1 aromatic rings. The summed E-state index contributed by atoms with van der Waals surface area (Å²) >= 11 is 1.45. The lowest BCUT2D eigenvalue weighted by Gasteiger charge is -2.12. The number of aromatic nitrogens is 4. The maximum atomic E-state index is 11.9. The zero-order valence-corrected chi connectivity index (χ0v) is 12.4. The normalized spacial score (nSPS) is 20.6. The van der Waals surface area contributed by atoms with E-state index in [4.69, 9.17) is 0 Å². The van der Waals surface area contributed by atoms with Gasteiger partial charge in [0.25, 0.3) is 0 Å².